The third-order valence-electron chi connectivity index (χ3n) is 1.70. The highest BCUT2D eigenvalue weighted by Crippen LogP contribution is 2.17. The lowest BCUT2D eigenvalue weighted by molar-refractivity contribution is 1.53. The number of rotatable bonds is 2. The Morgan fingerprint density at radius 1 is 1.42 bits per heavy atom. The first kappa shape index (κ1) is 8.60. The van der Waals surface area contributed by atoms with E-state index in [4.69, 9.17) is 5.73 Å². The Labute approximate surface area is 73.2 Å². The lowest BCUT2D eigenvalue weighted by atomic mass is 10.0. The van der Waals surface area contributed by atoms with Gasteiger partial charge in [0.25, 0.3) is 0 Å². The summed E-state index contributed by atoms with van der Waals surface area (Å²) in [6.07, 6.45) is 3.42. The molecule has 1 heteroatoms. The molecule has 12 heavy (non-hydrogen) atoms. The molecule has 0 saturated carbocycles. The zero-order valence-corrected chi connectivity index (χ0v) is 7.25. The Hall–Kier alpha value is -1.50. The molecule has 0 aromatic heterocycles. The average Bonchev–Trinajstić information content (AvgIpc) is 2.05. The highest BCUT2D eigenvalue weighted by Gasteiger charge is 1.96. The summed E-state index contributed by atoms with van der Waals surface area (Å²) in [4.78, 5) is 0. The molecule has 0 aliphatic rings. The van der Waals surface area contributed by atoms with E-state index in [1.165, 1.54) is 0 Å². The van der Waals surface area contributed by atoms with Crippen molar-refractivity contribution in [2.75, 3.05) is 0 Å². The van der Waals surface area contributed by atoms with Gasteiger partial charge >= 0.3 is 0 Å². The van der Waals surface area contributed by atoms with Crippen LogP contribution in [-0.2, 0) is 0 Å². The van der Waals surface area contributed by atoms with Gasteiger partial charge in [-0.15, -0.1) is 0 Å². The van der Waals surface area contributed by atoms with Gasteiger partial charge in [-0.05, 0) is 30.3 Å². The van der Waals surface area contributed by atoms with Crippen molar-refractivity contribution in [1.82, 2.24) is 0 Å². The number of benzene rings is 1. The molecule has 0 radical (unpaired) electrons. The maximum absolute atomic E-state index is 5.32. The minimum Gasteiger partial charge on any atom is -0.405 e. The van der Waals surface area contributed by atoms with E-state index in [0.29, 0.717) is 0 Å². The van der Waals surface area contributed by atoms with Crippen LogP contribution in [0.2, 0.25) is 0 Å². The first-order chi connectivity index (χ1) is 5.75. The highest BCUT2D eigenvalue weighted by atomic mass is 14.5. The van der Waals surface area contributed by atoms with Gasteiger partial charge in [-0.25, -0.2) is 0 Å². The smallest absolute Gasteiger partial charge is 0.00561 e. The summed E-state index contributed by atoms with van der Waals surface area (Å²) >= 11 is 0. The third kappa shape index (κ3) is 1.76. The second kappa shape index (κ2) is 3.77. The number of nitrogens with two attached hydrogens (primary N) is 1. The molecular formula is C11H13N. The summed E-state index contributed by atoms with van der Waals surface area (Å²) in [5.74, 6) is 0. The van der Waals surface area contributed by atoms with Gasteiger partial charge in [0, 0.05) is 0 Å². The molecule has 0 unspecified atom stereocenters. The summed E-state index contributed by atoms with van der Waals surface area (Å²) in [7, 11) is 0. The lowest BCUT2D eigenvalue weighted by Crippen LogP contribution is -1.85. The Kier molecular flexibility index (Phi) is 2.70. The minimum atomic E-state index is 1.06. The average molecular weight is 159 g/mol. The maximum atomic E-state index is 5.32. The normalized spacial score (nSPS) is 10.4. The number of allylic oxidation sites excluding steroid dienone is 1. The molecule has 0 aliphatic heterocycles. The van der Waals surface area contributed by atoms with E-state index in [-0.39, 0.29) is 0 Å². The summed E-state index contributed by atoms with van der Waals surface area (Å²) in [6, 6.07) is 8.05. The predicted molar refractivity (Wildman–Crippen MR) is 54.4 cm³/mol. The molecule has 0 saturated heterocycles. The summed E-state index contributed by atoms with van der Waals surface area (Å²) in [5, 5.41) is 0. The van der Waals surface area contributed by atoms with Gasteiger partial charge in [-0.1, -0.05) is 36.4 Å². The molecule has 1 rings (SSSR count). The van der Waals surface area contributed by atoms with E-state index in [1.54, 1.807) is 6.20 Å². The van der Waals surface area contributed by atoms with E-state index >= 15 is 0 Å². The molecule has 0 bridgehead atoms. The zero-order valence-electron chi connectivity index (χ0n) is 7.25. The van der Waals surface area contributed by atoms with Crippen LogP contribution < -0.4 is 5.73 Å². The van der Waals surface area contributed by atoms with Crippen LogP contribution in [0.4, 0.5) is 0 Å². The van der Waals surface area contributed by atoms with Crippen LogP contribution in [0.1, 0.15) is 18.1 Å². The van der Waals surface area contributed by atoms with Gasteiger partial charge in [-0.2, -0.15) is 0 Å². The predicted octanol–water partition coefficient (Wildman–Crippen LogP) is 2.65. The SMILES string of the molecule is C=C(C)c1ccccc1/C=C\N. The molecule has 0 amide bonds. The molecule has 0 heterocycles. The standard InChI is InChI=1S/C11H13N/c1-9(2)11-6-4-3-5-10(11)7-8-12/h3-8H,1,12H2,2H3/b8-7-. The van der Waals surface area contributed by atoms with Crippen LogP contribution in [-0.4, -0.2) is 0 Å². The van der Waals surface area contributed by atoms with Crippen LogP contribution in [0.15, 0.2) is 37.0 Å². The second-order valence-corrected chi connectivity index (χ2v) is 2.73. The molecule has 1 nitrogen and oxygen atoms in total. The Bertz CT molecular complexity index is 311. The van der Waals surface area contributed by atoms with Gasteiger partial charge < -0.3 is 5.73 Å². The Morgan fingerprint density at radius 3 is 2.67 bits per heavy atom. The number of hydrogen-bond donors (Lipinski definition) is 1. The fourth-order valence-corrected chi connectivity index (χ4v) is 1.13. The quantitative estimate of drug-likeness (QED) is 0.705. The molecular weight excluding hydrogens is 146 g/mol. The zero-order chi connectivity index (χ0) is 8.97. The first-order valence-corrected chi connectivity index (χ1v) is 3.89. The largest absolute Gasteiger partial charge is 0.405 e. The van der Waals surface area contributed by atoms with Crippen molar-refractivity contribution in [2.45, 2.75) is 6.92 Å². The molecule has 0 atom stereocenters. The topological polar surface area (TPSA) is 26.0 Å². The monoisotopic (exact) mass is 159 g/mol. The minimum absolute atomic E-state index is 1.06. The molecule has 2 N–H and O–H groups in total. The Balaban J connectivity index is 3.17. The molecule has 0 fully saturated rings. The fourth-order valence-electron chi connectivity index (χ4n) is 1.13. The van der Waals surface area contributed by atoms with Crippen molar-refractivity contribution in [2.24, 2.45) is 5.73 Å². The maximum Gasteiger partial charge on any atom is -0.00561 e. The van der Waals surface area contributed by atoms with Crippen molar-refractivity contribution in [3.8, 4) is 0 Å². The number of hydrogen-bond acceptors (Lipinski definition) is 1. The van der Waals surface area contributed by atoms with Gasteiger partial charge in [0.05, 0.1) is 0 Å². The summed E-state index contributed by atoms with van der Waals surface area (Å²) < 4.78 is 0. The molecule has 62 valence electrons. The van der Waals surface area contributed by atoms with Crippen LogP contribution in [0.25, 0.3) is 11.6 Å². The van der Waals surface area contributed by atoms with Crippen molar-refractivity contribution >= 4 is 11.6 Å². The molecule has 0 aliphatic carbocycles. The van der Waals surface area contributed by atoms with E-state index in [9.17, 15) is 0 Å². The third-order valence-corrected chi connectivity index (χ3v) is 1.70. The van der Waals surface area contributed by atoms with Crippen molar-refractivity contribution in [3.05, 3.63) is 48.2 Å². The van der Waals surface area contributed by atoms with Crippen molar-refractivity contribution in [3.63, 3.8) is 0 Å². The van der Waals surface area contributed by atoms with Crippen LogP contribution in [0.5, 0.6) is 0 Å². The second-order valence-electron chi connectivity index (χ2n) is 2.73. The van der Waals surface area contributed by atoms with Gasteiger partial charge in [-0.3, -0.25) is 0 Å². The molecule has 0 spiro atoms. The summed E-state index contributed by atoms with van der Waals surface area (Å²) in [5.41, 5.74) is 8.65. The van der Waals surface area contributed by atoms with Gasteiger partial charge in [0.15, 0.2) is 0 Å². The molecule has 1 aromatic carbocycles. The van der Waals surface area contributed by atoms with Crippen molar-refractivity contribution in [1.29, 1.82) is 0 Å². The van der Waals surface area contributed by atoms with Gasteiger partial charge in [0.1, 0.15) is 0 Å². The van der Waals surface area contributed by atoms with E-state index in [2.05, 4.69) is 6.58 Å². The van der Waals surface area contributed by atoms with E-state index < -0.39 is 0 Å². The van der Waals surface area contributed by atoms with E-state index in [1.807, 2.05) is 37.3 Å². The lowest BCUT2D eigenvalue weighted by Gasteiger charge is -2.03. The Morgan fingerprint density at radius 2 is 2.08 bits per heavy atom. The summed E-state index contributed by atoms with van der Waals surface area (Å²) in [6.45, 7) is 5.88. The van der Waals surface area contributed by atoms with Crippen LogP contribution in [0, 0.1) is 0 Å². The highest BCUT2D eigenvalue weighted by molar-refractivity contribution is 5.71. The molecule has 1 aromatic rings. The van der Waals surface area contributed by atoms with Gasteiger partial charge in [0.2, 0.25) is 0 Å². The van der Waals surface area contributed by atoms with E-state index in [0.717, 1.165) is 16.7 Å². The van der Waals surface area contributed by atoms with Crippen LogP contribution >= 0.6 is 0 Å². The fraction of sp³-hybridized carbons (Fsp3) is 0.0909. The first-order valence-electron chi connectivity index (χ1n) is 3.89. The van der Waals surface area contributed by atoms with Crippen LogP contribution in [0.3, 0.4) is 0 Å². The van der Waals surface area contributed by atoms with Crippen molar-refractivity contribution < 1.29 is 0 Å².